The molecule has 196 valence electrons. The van der Waals surface area contributed by atoms with Crippen molar-refractivity contribution in [1.29, 1.82) is 0 Å². The zero-order chi connectivity index (χ0) is 26.4. The average Bonchev–Trinajstić information content (AvgIpc) is 3.39. The number of hydrogen-bond acceptors (Lipinski definition) is 3. The van der Waals surface area contributed by atoms with Crippen LogP contribution in [-0.4, -0.2) is 47.4 Å². The minimum Gasteiger partial charge on any atom is -0.358 e. The number of nitrogens with zero attached hydrogens (tertiary/aromatic N) is 1. The van der Waals surface area contributed by atoms with Gasteiger partial charge in [-0.3, -0.25) is 9.59 Å². The second-order valence-electron chi connectivity index (χ2n) is 10.8. The molecule has 1 aromatic heterocycles. The highest BCUT2D eigenvalue weighted by Gasteiger charge is 2.33. The van der Waals surface area contributed by atoms with Crippen molar-refractivity contribution < 1.29 is 14.0 Å². The van der Waals surface area contributed by atoms with Crippen LogP contribution in [0.1, 0.15) is 58.6 Å². The molecule has 0 unspecified atom stereocenters. The Morgan fingerprint density at radius 2 is 1.87 bits per heavy atom. The van der Waals surface area contributed by atoms with Crippen LogP contribution >= 0.6 is 0 Å². The molecule has 0 spiro atoms. The maximum absolute atomic E-state index is 14.7. The summed E-state index contributed by atoms with van der Waals surface area (Å²) in [5.74, 6) is 0.262. The van der Waals surface area contributed by atoms with E-state index in [2.05, 4.69) is 15.6 Å². The summed E-state index contributed by atoms with van der Waals surface area (Å²) in [5, 5.41) is 6.48. The topological polar surface area (TPSA) is 77.2 Å². The molecule has 0 bridgehead atoms. The summed E-state index contributed by atoms with van der Waals surface area (Å²) >= 11 is 0. The molecule has 7 heteroatoms. The lowest BCUT2D eigenvalue weighted by Gasteiger charge is -2.25. The van der Waals surface area contributed by atoms with Crippen molar-refractivity contribution in [2.75, 3.05) is 25.0 Å². The third kappa shape index (κ3) is 4.45. The van der Waals surface area contributed by atoms with E-state index in [1.54, 1.807) is 24.3 Å². The lowest BCUT2D eigenvalue weighted by Crippen LogP contribution is -2.42. The molecule has 1 saturated heterocycles. The lowest BCUT2D eigenvalue weighted by atomic mass is 9.93. The first-order chi connectivity index (χ1) is 18.4. The van der Waals surface area contributed by atoms with Gasteiger partial charge in [0, 0.05) is 47.3 Å². The van der Waals surface area contributed by atoms with E-state index in [1.807, 2.05) is 36.9 Å². The minimum absolute atomic E-state index is 0.0416. The summed E-state index contributed by atoms with van der Waals surface area (Å²) < 4.78 is 14.7. The Hall–Kier alpha value is -3.71. The van der Waals surface area contributed by atoms with E-state index in [9.17, 15) is 14.0 Å². The molecule has 6 rings (SSSR count). The van der Waals surface area contributed by atoms with Crippen molar-refractivity contribution in [3.05, 3.63) is 76.4 Å². The monoisotopic (exact) mass is 512 g/mol. The maximum atomic E-state index is 14.7. The Morgan fingerprint density at radius 1 is 1.08 bits per heavy atom. The number of H-pyrrole nitrogens is 1. The smallest absolute Gasteiger partial charge is 0.256 e. The summed E-state index contributed by atoms with van der Waals surface area (Å²) in [6.45, 7) is 6.47. The number of fused-ring (bicyclic) bond motifs is 1. The predicted octanol–water partition coefficient (Wildman–Crippen LogP) is 5.53. The Bertz CT molecular complexity index is 1450. The molecule has 3 aliphatic rings. The van der Waals surface area contributed by atoms with E-state index >= 15 is 0 Å². The molecule has 6 nitrogen and oxygen atoms in total. The van der Waals surface area contributed by atoms with Gasteiger partial charge in [0.25, 0.3) is 11.8 Å². The van der Waals surface area contributed by atoms with Crippen LogP contribution in [0, 0.1) is 25.6 Å². The number of carbonyl (C=O) groups is 2. The molecule has 0 radical (unpaired) electrons. The molecule has 1 atom stereocenters. The van der Waals surface area contributed by atoms with E-state index < -0.39 is 0 Å². The number of aryl methyl sites for hydroxylation is 1. The zero-order valence-corrected chi connectivity index (χ0v) is 21.9. The van der Waals surface area contributed by atoms with E-state index in [0.717, 1.165) is 55.3 Å². The predicted molar refractivity (Wildman–Crippen MR) is 148 cm³/mol. The normalized spacial score (nSPS) is 19.8. The van der Waals surface area contributed by atoms with Gasteiger partial charge in [0.15, 0.2) is 0 Å². The highest BCUT2D eigenvalue weighted by Crippen LogP contribution is 2.41. The van der Waals surface area contributed by atoms with Crippen molar-refractivity contribution in [3.8, 4) is 11.1 Å². The van der Waals surface area contributed by atoms with Crippen LogP contribution in [-0.2, 0) is 4.79 Å². The summed E-state index contributed by atoms with van der Waals surface area (Å²) in [4.78, 5) is 32.2. The van der Waals surface area contributed by atoms with Crippen LogP contribution < -0.4 is 10.6 Å². The van der Waals surface area contributed by atoms with Crippen molar-refractivity contribution in [2.45, 2.75) is 45.6 Å². The molecule has 3 N–H and O–H groups in total. The molecule has 1 saturated carbocycles. The number of hydrogen-bond donors (Lipinski definition) is 3. The van der Waals surface area contributed by atoms with Gasteiger partial charge in [-0.2, -0.15) is 0 Å². The number of rotatable bonds is 7. The number of nitrogens with one attached hydrogen (secondary N) is 3. The van der Waals surface area contributed by atoms with Crippen molar-refractivity contribution in [2.24, 2.45) is 5.92 Å². The first-order valence-corrected chi connectivity index (χ1v) is 13.5. The van der Waals surface area contributed by atoms with Gasteiger partial charge in [0.05, 0.1) is 11.1 Å². The maximum Gasteiger partial charge on any atom is 0.256 e. The van der Waals surface area contributed by atoms with Crippen LogP contribution in [0.3, 0.4) is 0 Å². The molecule has 3 aromatic rings. The summed E-state index contributed by atoms with van der Waals surface area (Å²) in [6, 6.07) is 12.3. The Morgan fingerprint density at radius 3 is 2.66 bits per heavy atom. The van der Waals surface area contributed by atoms with Gasteiger partial charge >= 0.3 is 0 Å². The average molecular weight is 513 g/mol. The first-order valence-electron chi connectivity index (χ1n) is 13.5. The van der Waals surface area contributed by atoms with E-state index in [0.29, 0.717) is 33.5 Å². The second-order valence-corrected chi connectivity index (χ2v) is 10.8. The van der Waals surface area contributed by atoms with E-state index in [-0.39, 0.29) is 23.7 Å². The summed E-state index contributed by atoms with van der Waals surface area (Å²) in [5.41, 5.74) is 5.87. The molecule has 1 aliphatic carbocycles. The molecule has 2 amide bonds. The van der Waals surface area contributed by atoms with Crippen molar-refractivity contribution in [1.82, 2.24) is 15.2 Å². The number of likely N-dealkylation sites (tertiary alicyclic amines) is 1. The fourth-order valence-corrected chi connectivity index (χ4v) is 5.91. The number of anilines is 1. The van der Waals surface area contributed by atoms with Crippen LogP contribution in [0.15, 0.2) is 42.5 Å². The van der Waals surface area contributed by atoms with Gasteiger partial charge in [0.1, 0.15) is 5.82 Å². The molecule has 3 heterocycles. The fourth-order valence-electron chi connectivity index (χ4n) is 5.91. The Balaban J connectivity index is 1.32. The van der Waals surface area contributed by atoms with Gasteiger partial charge in [-0.15, -0.1) is 0 Å². The zero-order valence-electron chi connectivity index (χ0n) is 21.9. The Kier molecular flexibility index (Phi) is 6.40. The van der Waals surface area contributed by atoms with E-state index in [4.69, 9.17) is 0 Å². The summed E-state index contributed by atoms with van der Waals surface area (Å²) in [6.07, 6.45) is 6.44. The second kappa shape index (κ2) is 9.87. The van der Waals surface area contributed by atoms with Crippen LogP contribution in [0.2, 0.25) is 0 Å². The highest BCUT2D eigenvalue weighted by atomic mass is 19.1. The number of aromatic amines is 1. The van der Waals surface area contributed by atoms with Gasteiger partial charge in [-0.1, -0.05) is 30.3 Å². The van der Waals surface area contributed by atoms with Crippen molar-refractivity contribution >= 4 is 29.2 Å². The summed E-state index contributed by atoms with van der Waals surface area (Å²) in [7, 11) is 0. The highest BCUT2D eigenvalue weighted by molar-refractivity contribution is 6.36. The Labute approximate surface area is 222 Å². The number of amides is 2. The van der Waals surface area contributed by atoms with Gasteiger partial charge in [-0.05, 0) is 81.3 Å². The lowest BCUT2D eigenvalue weighted by molar-refractivity contribution is -0.110. The molecule has 2 aromatic carbocycles. The van der Waals surface area contributed by atoms with E-state index in [1.165, 1.54) is 18.9 Å². The largest absolute Gasteiger partial charge is 0.358 e. The van der Waals surface area contributed by atoms with Gasteiger partial charge < -0.3 is 20.5 Å². The minimum atomic E-state index is -0.342. The van der Waals surface area contributed by atoms with Crippen LogP contribution in [0.5, 0.6) is 0 Å². The molecular formula is C31H33FN4O2. The van der Waals surface area contributed by atoms with Crippen LogP contribution in [0.4, 0.5) is 10.1 Å². The SMILES string of the molecule is Cc1[nH]c(/C=C2\C(=O)Nc3cccc(-c4ccccc4F)c32)c(C)c1C(=O)N1CCC[C@H]1CNCC1CC1. The molecule has 2 aliphatic heterocycles. The first kappa shape index (κ1) is 24.6. The molecular weight excluding hydrogens is 479 g/mol. The third-order valence-corrected chi connectivity index (χ3v) is 8.12. The van der Waals surface area contributed by atoms with Gasteiger partial charge in [0.2, 0.25) is 0 Å². The molecule has 2 fully saturated rings. The van der Waals surface area contributed by atoms with Crippen molar-refractivity contribution in [3.63, 3.8) is 0 Å². The number of carbonyl (C=O) groups excluding carboxylic acids is 2. The molecule has 38 heavy (non-hydrogen) atoms. The number of aromatic nitrogens is 1. The number of halogens is 1. The third-order valence-electron chi connectivity index (χ3n) is 8.12. The number of benzene rings is 2. The van der Waals surface area contributed by atoms with Crippen LogP contribution in [0.25, 0.3) is 22.8 Å². The standard InChI is InChI=1S/C31H33FN4O2/c1-18-27(34-19(2)28(18)31(38)36-14-6-7-21(36)17-33-16-20-12-13-20)15-24-29-23(22-8-3-4-10-25(22)32)9-5-11-26(29)35-30(24)37/h3-5,8-11,15,20-21,33-34H,6-7,12-14,16-17H2,1-2H3,(H,35,37)/b24-15-/t21-/m0/s1. The fraction of sp³-hybridized carbons (Fsp3) is 0.355. The quantitative estimate of drug-likeness (QED) is 0.364. The van der Waals surface area contributed by atoms with Gasteiger partial charge in [-0.25, -0.2) is 4.39 Å².